The molecule has 2 aromatic rings. The second-order valence-electron chi connectivity index (χ2n) is 6.83. The van der Waals surface area contributed by atoms with Crippen molar-refractivity contribution < 1.29 is 13.5 Å². The summed E-state index contributed by atoms with van der Waals surface area (Å²) in [6.07, 6.45) is 0. The summed E-state index contributed by atoms with van der Waals surface area (Å²) in [6.45, 7) is 10.1. The van der Waals surface area contributed by atoms with Gasteiger partial charge in [-0.15, -0.1) is 0 Å². The third-order valence-corrected chi connectivity index (χ3v) is 4.58. The summed E-state index contributed by atoms with van der Waals surface area (Å²) in [6, 6.07) is 4.59. The number of aromatic nitrogens is 1. The molecule has 1 aliphatic rings. The van der Waals surface area contributed by atoms with Gasteiger partial charge in [0.1, 0.15) is 5.52 Å². The van der Waals surface area contributed by atoms with E-state index in [2.05, 4.69) is 29.0 Å². The summed E-state index contributed by atoms with van der Waals surface area (Å²) in [5, 5.41) is 4.00. The van der Waals surface area contributed by atoms with Gasteiger partial charge in [0.15, 0.2) is 11.6 Å². The van der Waals surface area contributed by atoms with Gasteiger partial charge in [-0.25, -0.2) is 13.8 Å². The van der Waals surface area contributed by atoms with Crippen LogP contribution in [0.2, 0.25) is 0 Å². The highest BCUT2D eigenvalue weighted by Crippen LogP contribution is 2.27. The molecule has 0 saturated carbocycles. The molecule has 6 heteroatoms. The van der Waals surface area contributed by atoms with Crippen LogP contribution in [0.4, 0.5) is 14.5 Å². The summed E-state index contributed by atoms with van der Waals surface area (Å²) in [5.41, 5.74) is 1.42. The number of benzene rings is 1. The Morgan fingerprint density at radius 3 is 2.67 bits per heavy atom. The highest BCUT2D eigenvalue weighted by Gasteiger charge is 2.28. The fraction of sp³-hybridized carbons (Fsp3) is 0.500. The molecule has 1 aromatic carbocycles. The van der Waals surface area contributed by atoms with Gasteiger partial charge in [-0.3, -0.25) is 4.90 Å². The highest BCUT2D eigenvalue weighted by atomic mass is 19.2. The molecule has 1 saturated heterocycles. The van der Waals surface area contributed by atoms with Crippen molar-refractivity contribution in [2.75, 3.05) is 38.2 Å². The number of hydrogen-bond donors (Lipinski definition) is 1. The van der Waals surface area contributed by atoms with E-state index in [4.69, 9.17) is 4.74 Å². The normalized spacial score (nSPS) is 16.5. The van der Waals surface area contributed by atoms with Gasteiger partial charge >= 0.3 is 0 Å². The minimum Gasteiger partial charge on any atom is -0.383 e. The van der Waals surface area contributed by atoms with Crippen LogP contribution in [0.25, 0.3) is 10.9 Å². The van der Waals surface area contributed by atoms with Crippen LogP contribution < -0.4 is 5.32 Å². The first-order valence-corrected chi connectivity index (χ1v) is 8.20. The summed E-state index contributed by atoms with van der Waals surface area (Å²) < 4.78 is 32.9. The van der Waals surface area contributed by atoms with Crippen molar-refractivity contribution in [2.45, 2.75) is 26.3 Å². The summed E-state index contributed by atoms with van der Waals surface area (Å²) in [7, 11) is 0. The van der Waals surface area contributed by atoms with E-state index in [0.29, 0.717) is 17.6 Å². The molecule has 0 aliphatic carbocycles. The maximum Gasteiger partial charge on any atom is 0.185 e. The van der Waals surface area contributed by atoms with Crippen molar-refractivity contribution in [3.8, 4) is 0 Å². The molecule has 0 atom stereocenters. The molecule has 130 valence electrons. The van der Waals surface area contributed by atoms with Crippen LogP contribution in [0.3, 0.4) is 0 Å². The number of rotatable bonds is 4. The molecule has 1 aliphatic heterocycles. The summed E-state index contributed by atoms with van der Waals surface area (Å²) >= 11 is 0. The van der Waals surface area contributed by atoms with Crippen LogP contribution in [0, 0.1) is 18.6 Å². The van der Waals surface area contributed by atoms with Crippen LogP contribution in [-0.4, -0.2) is 48.3 Å². The molecule has 24 heavy (non-hydrogen) atoms. The Balaban J connectivity index is 1.86. The van der Waals surface area contributed by atoms with Crippen LogP contribution in [0.1, 0.15) is 19.5 Å². The van der Waals surface area contributed by atoms with Gasteiger partial charge < -0.3 is 10.1 Å². The molecule has 0 unspecified atom stereocenters. The Labute approximate surface area is 140 Å². The van der Waals surface area contributed by atoms with Crippen molar-refractivity contribution in [2.24, 2.45) is 0 Å². The number of anilines is 1. The van der Waals surface area contributed by atoms with Crippen molar-refractivity contribution in [3.63, 3.8) is 0 Å². The number of nitrogens with zero attached hydrogens (tertiary/aromatic N) is 2. The number of morpholine rings is 1. The molecule has 2 heterocycles. The number of hydrogen-bond acceptors (Lipinski definition) is 4. The smallest absolute Gasteiger partial charge is 0.185 e. The minimum absolute atomic E-state index is 0.0710. The zero-order valence-corrected chi connectivity index (χ0v) is 14.3. The lowest BCUT2D eigenvalue weighted by atomic mass is 10.0. The zero-order valence-electron chi connectivity index (χ0n) is 14.3. The highest BCUT2D eigenvalue weighted by molar-refractivity contribution is 5.91. The second-order valence-corrected chi connectivity index (χ2v) is 6.83. The van der Waals surface area contributed by atoms with E-state index in [1.807, 2.05) is 6.07 Å². The molecule has 0 bridgehead atoms. The lowest BCUT2D eigenvalue weighted by molar-refractivity contribution is -0.00567. The first-order chi connectivity index (χ1) is 11.4. The van der Waals surface area contributed by atoms with Gasteiger partial charge in [0.25, 0.3) is 0 Å². The SMILES string of the molecule is Cc1cc(NCC(C)(C)N2CCOCC2)c2ccc(F)c(F)c2n1. The minimum atomic E-state index is -0.897. The number of nitrogens with one attached hydrogen (secondary N) is 1. The van der Waals surface area contributed by atoms with E-state index in [-0.39, 0.29) is 11.1 Å². The first-order valence-electron chi connectivity index (χ1n) is 8.20. The zero-order chi connectivity index (χ0) is 17.3. The van der Waals surface area contributed by atoms with Crippen LogP contribution in [-0.2, 0) is 4.74 Å². The van der Waals surface area contributed by atoms with Crippen molar-refractivity contribution in [1.82, 2.24) is 9.88 Å². The third-order valence-electron chi connectivity index (χ3n) is 4.58. The Morgan fingerprint density at radius 2 is 1.96 bits per heavy atom. The number of halogens is 2. The quantitative estimate of drug-likeness (QED) is 0.930. The Kier molecular flexibility index (Phi) is 4.69. The fourth-order valence-electron chi connectivity index (χ4n) is 3.10. The largest absolute Gasteiger partial charge is 0.383 e. The number of pyridine rings is 1. The fourth-order valence-corrected chi connectivity index (χ4v) is 3.10. The van der Waals surface area contributed by atoms with Gasteiger partial charge in [0, 0.05) is 41.9 Å². The monoisotopic (exact) mass is 335 g/mol. The number of fused-ring (bicyclic) bond motifs is 1. The Hall–Kier alpha value is -1.79. The standard InChI is InChI=1S/C18H23F2N3O/c1-12-10-15(13-4-5-14(19)16(20)17(13)22-12)21-11-18(2,3)23-6-8-24-9-7-23/h4-5,10H,6-9,11H2,1-3H3,(H,21,22). The van der Waals surface area contributed by atoms with E-state index in [9.17, 15) is 8.78 Å². The third kappa shape index (κ3) is 3.35. The number of ether oxygens (including phenoxy) is 1. The maximum atomic E-state index is 14.0. The first kappa shape index (κ1) is 17.0. The van der Waals surface area contributed by atoms with E-state index in [0.717, 1.165) is 38.1 Å². The molecule has 1 aromatic heterocycles. The lowest BCUT2D eigenvalue weighted by Crippen LogP contribution is -2.53. The average Bonchev–Trinajstić information content (AvgIpc) is 2.57. The molecule has 0 spiro atoms. The molecule has 0 amide bonds. The molecule has 1 fully saturated rings. The van der Waals surface area contributed by atoms with Crippen molar-refractivity contribution in [3.05, 3.63) is 35.5 Å². The lowest BCUT2D eigenvalue weighted by Gasteiger charge is -2.41. The Morgan fingerprint density at radius 1 is 1.25 bits per heavy atom. The Bertz CT molecular complexity index is 743. The molecule has 4 nitrogen and oxygen atoms in total. The van der Waals surface area contributed by atoms with E-state index in [1.165, 1.54) is 0 Å². The molecule has 0 radical (unpaired) electrons. The van der Waals surface area contributed by atoms with Crippen LogP contribution in [0.15, 0.2) is 18.2 Å². The van der Waals surface area contributed by atoms with Crippen molar-refractivity contribution >= 4 is 16.6 Å². The van der Waals surface area contributed by atoms with Crippen LogP contribution >= 0.6 is 0 Å². The van der Waals surface area contributed by atoms with Gasteiger partial charge in [-0.05, 0) is 39.0 Å². The summed E-state index contributed by atoms with van der Waals surface area (Å²) in [4.78, 5) is 6.52. The average molecular weight is 335 g/mol. The maximum absolute atomic E-state index is 14.0. The molecular formula is C18H23F2N3O. The predicted octanol–water partition coefficient (Wildman–Crippen LogP) is 3.34. The summed E-state index contributed by atoms with van der Waals surface area (Å²) in [5.74, 6) is -1.77. The van der Waals surface area contributed by atoms with Crippen molar-refractivity contribution in [1.29, 1.82) is 0 Å². The molecule has 1 N–H and O–H groups in total. The topological polar surface area (TPSA) is 37.4 Å². The van der Waals surface area contributed by atoms with Gasteiger partial charge in [-0.2, -0.15) is 0 Å². The second kappa shape index (κ2) is 6.61. The molecular weight excluding hydrogens is 312 g/mol. The van der Waals surface area contributed by atoms with Gasteiger partial charge in [0.2, 0.25) is 0 Å². The molecule has 3 rings (SSSR count). The predicted molar refractivity (Wildman–Crippen MR) is 91.4 cm³/mol. The number of aryl methyl sites for hydroxylation is 1. The van der Waals surface area contributed by atoms with Gasteiger partial charge in [-0.1, -0.05) is 0 Å². The van der Waals surface area contributed by atoms with E-state index >= 15 is 0 Å². The van der Waals surface area contributed by atoms with Gasteiger partial charge in [0.05, 0.1) is 13.2 Å². The van der Waals surface area contributed by atoms with E-state index in [1.54, 1.807) is 13.0 Å². The van der Waals surface area contributed by atoms with E-state index < -0.39 is 11.6 Å². The van der Waals surface area contributed by atoms with Crippen LogP contribution in [0.5, 0.6) is 0 Å².